The first-order valence-electron chi connectivity index (χ1n) is 6.10. The average molecular weight is 297 g/mol. The highest BCUT2D eigenvalue weighted by Crippen LogP contribution is 2.35. The van der Waals surface area contributed by atoms with E-state index in [1.807, 2.05) is 12.1 Å². The monoisotopic (exact) mass is 296 g/mol. The Morgan fingerprint density at radius 2 is 1.95 bits per heavy atom. The van der Waals surface area contributed by atoms with Gasteiger partial charge in [-0.1, -0.05) is 29.8 Å². The lowest BCUT2D eigenvalue weighted by molar-refractivity contribution is 0.527. The molecule has 1 atom stereocenters. The molecule has 0 bridgehead atoms. The molecule has 1 heterocycles. The van der Waals surface area contributed by atoms with Crippen LogP contribution >= 0.6 is 23.2 Å². The van der Waals surface area contributed by atoms with Crippen molar-refractivity contribution >= 4 is 23.2 Å². The van der Waals surface area contributed by atoms with Crippen molar-refractivity contribution in [1.82, 2.24) is 9.97 Å². The number of halogens is 3. The standard InChI is InChI=1S/C14H11Cl2FN2/c15-13-10-7-8(9-3-1-2-4-11(9)17)5-6-12(10)18-14(16)19-13/h1-4,8H,5-7H2. The summed E-state index contributed by atoms with van der Waals surface area (Å²) < 4.78 is 13.8. The Kier molecular flexibility index (Phi) is 3.42. The van der Waals surface area contributed by atoms with Crippen LogP contribution in [-0.4, -0.2) is 9.97 Å². The lowest BCUT2D eigenvalue weighted by Gasteiger charge is -2.25. The maximum absolute atomic E-state index is 13.8. The van der Waals surface area contributed by atoms with Gasteiger partial charge < -0.3 is 0 Å². The van der Waals surface area contributed by atoms with Gasteiger partial charge in [-0.25, -0.2) is 14.4 Å². The van der Waals surface area contributed by atoms with Crippen LogP contribution in [0.15, 0.2) is 24.3 Å². The van der Waals surface area contributed by atoms with E-state index >= 15 is 0 Å². The van der Waals surface area contributed by atoms with Crippen molar-refractivity contribution in [1.29, 1.82) is 0 Å². The van der Waals surface area contributed by atoms with Crippen LogP contribution in [0.1, 0.15) is 29.2 Å². The van der Waals surface area contributed by atoms with E-state index in [0.29, 0.717) is 11.6 Å². The fourth-order valence-corrected chi connectivity index (χ4v) is 3.11. The minimum Gasteiger partial charge on any atom is -0.223 e. The van der Waals surface area contributed by atoms with Gasteiger partial charge in [-0.05, 0) is 48.4 Å². The highest BCUT2D eigenvalue weighted by Gasteiger charge is 2.25. The summed E-state index contributed by atoms with van der Waals surface area (Å²) in [5, 5.41) is 0.559. The van der Waals surface area contributed by atoms with Crippen LogP contribution in [0.25, 0.3) is 0 Å². The number of aryl methyl sites for hydroxylation is 1. The molecule has 0 N–H and O–H groups in total. The lowest BCUT2D eigenvalue weighted by atomic mass is 9.82. The summed E-state index contributed by atoms with van der Waals surface area (Å²) in [6.45, 7) is 0. The largest absolute Gasteiger partial charge is 0.224 e. The molecule has 0 saturated heterocycles. The molecule has 3 rings (SSSR count). The molecular weight excluding hydrogens is 286 g/mol. The van der Waals surface area contributed by atoms with Crippen LogP contribution < -0.4 is 0 Å². The van der Waals surface area contributed by atoms with Crippen molar-refractivity contribution < 1.29 is 4.39 Å². The summed E-state index contributed by atoms with van der Waals surface area (Å²) in [6.07, 6.45) is 2.25. The van der Waals surface area contributed by atoms with Gasteiger partial charge in [0.25, 0.3) is 0 Å². The van der Waals surface area contributed by atoms with Crippen molar-refractivity contribution in [3.8, 4) is 0 Å². The number of benzene rings is 1. The number of hydrogen-bond acceptors (Lipinski definition) is 2. The maximum atomic E-state index is 13.8. The van der Waals surface area contributed by atoms with Gasteiger partial charge in [-0.3, -0.25) is 0 Å². The normalized spacial score (nSPS) is 18.2. The first-order valence-corrected chi connectivity index (χ1v) is 6.86. The molecule has 1 aromatic carbocycles. The molecule has 0 radical (unpaired) electrons. The van der Waals surface area contributed by atoms with Crippen LogP contribution in [0.4, 0.5) is 4.39 Å². The Morgan fingerprint density at radius 1 is 1.16 bits per heavy atom. The zero-order chi connectivity index (χ0) is 13.4. The van der Waals surface area contributed by atoms with Crippen molar-refractivity contribution in [2.24, 2.45) is 0 Å². The van der Waals surface area contributed by atoms with Crippen LogP contribution in [0.3, 0.4) is 0 Å². The zero-order valence-corrected chi connectivity index (χ0v) is 11.5. The quantitative estimate of drug-likeness (QED) is 0.582. The summed E-state index contributed by atoms with van der Waals surface area (Å²) >= 11 is 11.9. The molecule has 0 fully saturated rings. The van der Waals surface area contributed by atoms with E-state index in [1.165, 1.54) is 6.07 Å². The summed E-state index contributed by atoms with van der Waals surface area (Å²) in [4.78, 5) is 8.16. The second kappa shape index (κ2) is 5.06. The average Bonchev–Trinajstić information content (AvgIpc) is 2.39. The van der Waals surface area contributed by atoms with E-state index in [1.54, 1.807) is 6.07 Å². The summed E-state index contributed by atoms with van der Waals surface area (Å²) in [7, 11) is 0. The molecule has 98 valence electrons. The number of nitrogens with zero attached hydrogens (tertiary/aromatic N) is 2. The minimum atomic E-state index is -0.165. The Labute approximate surface area is 120 Å². The summed E-state index contributed by atoms with van der Waals surface area (Å²) in [6, 6.07) is 6.87. The maximum Gasteiger partial charge on any atom is 0.224 e. The number of aromatic nitrogens is 2. The van der Waals surface area contributed by atoms with Crippen LogP contribution in [0, 0.1) is 5.82 Å². The molecule has 1 unspecified atom stereocenters. The second-order valence-corrected chi connectivity index (χ2v) is 5.37. The van der Waals surface area contributed by atoms with Gasteiger partial charge >= 0.3 is 0 Å². The molecule has 2 aromatic rings. The highest BCUT2D eigenvalue weighted by atomic mass is 35.5. The van der Waals surface area contributed by atoms with Crippen LogP contribution in [0.5, 0.6) is 0 Å². The molecule has 5 heteroatoms. The summed E-state index contributed by atoms with van der Waals surface area (Å²) in [5.74, 6) is -0.0436. The molecule has 0 spiro atoms. The molecule has 1 aliphatic carbocycles. The van der Waals surface area contributed by atoms with Crippen molar-refractivity contribution in [2.45, 2.75) is 25.2 Å². The first kappa shape index (κ1) is 12.8. The number of hydrogen-bond donors (Lipinski definition) is 0. The van der Waals surface area contributed by atoms with E-state index in [9.17, 15) is 4.39 Å². The van der Waals surface area contributed by atoms with E-state index < -0.39 is 0 Å². The van der Waals surface area contributed by atoms with E-state index in [0.717, 1.165) is 29.7 Å². The second-order valence-electron chi connectivity index (χ2n) is 4.67. The van der Waals surface area contributed by atoms with Crippen LogP contribution in [-0.2, 0) is 12.8 Å². The Hall–Kier alpha value is -1.19. The van der Waals surface area contributed by atoms with E-state index in [2.05, 4.69) is 9.97 Å². The fraction of sp³-hybridized carbons (Fsp3) is 0.286. The Morgan fingerprint density at radius 3 is 2.74 bits per heavy atom. The molecule has 0 aliphatic heterocycles. The van der Waals surface area contributed by atoms with Gasteiger partial charge in [0.15, 0.2) is 0 Å². The third kappa shape index (κ3) is 2.45. The molecule has 1 aromatic heterocycles. The smallest absolute Gasteiger partial charge is 0.223 e. The van der Waals surface area contributed by atoms with E-state index in [4.69, 9.17) is 23.2 Å². The van der Waals surface area contributed by atoms with Crippen LogP contribution in [0.2, 0.25) is 10.4 Å². The zero-order valence-electron chi connectivity index (χ0n) is 10.0. The Balaban J connectivity index is 1.97. The van der Waals surface area contributed by atoms with Crippen molar-refractivity contribution in [3.05, 3.63) is 57.3 Å². The molecule has 0 amide bonds. The first-order chi connectivity index (χ1) is 9.15. The topological polar surface area (TPSA) is 25.8 Å². The molecule has 19 heavy (non-hydrogen) atoms. The van der Waals surface area contributed by atoms with Gasteiger partial charge in [0, 0.05) is 5.56 Å². The van der Waals surface area contributed by atoms with Crippen molar-refractivity contribution in [2.75, 3.05) is 0 Å². The molecule has 0 saturated carbocycles. The van der Waals surface area contributed by atoms with Gasteiger partial charge in [-0.2, -0.15) is 0 Å². The Bertz CT molecular complexity index is 631. The predicted octanol–water partition coefficient (Wildman–Crippen LogP) is 4.20. The third-order valence-electron chi connectivity index (χ3n) is 3.54. The number of fused-ring (bicyclic) bond motifs is 1. The lowest BCUT2D eigenvalue weighted by Crippen LogP contribution is -2.16. The summed E-state index contributed by atoms with van der Waals surface area (Å²) in [5.41, 5.74) is 2.52. The minimum absolute atomic E-state index is 0.121. The fourth-order valence-electron chi connectivity index (χ4n) is 2.61. The van der Waals surface area contributed by atoms with Gasteiger partial charge in [0.2, 0.25) is 5.28 Å². The van der Waals surface area contributed by atoms with Gasteiger partial charge in [0.05, 0.1) is 5.69 Å². The van der Waals surface area contributed by atoms with Gasteiger partial charge in [0.1, 0.15) is 11.0 Å². The predicted molar refractivity (Wildman–Crippen MR) is 73.2 cm³/mol. The molecule has 2 nitrogen and oxygen atoms in total. The molecule has 1 aliphatic rings. The molecular formula is C14H11Cl2FN2. The van der Waals surface area contributed by atoms with Crippen molar-refractivity contribution in [3.63, 3.8) is 0 Å². The van der Waals surface area contributed by atoms with Gasteiger partial charge in [-0.15, -0.1) is 0 Å². The SMILES string of the molecule is Fc1ccccc1C1CCc2nc(Cl)nc(Cl)c2C1. The van der Waals surface area contributed by atoms with E-state index in [-0.39, 0.29) is 17.0 Å². The highest BCUT2D eigenvalue weighted by molar-refractivity contribution is 6.32. The number of rotatable bonds is 1. The third-order valence-corrected chi connectivity index (χ3v) is 4.02.